The molecule has 0 spiro atoms. The summed E-state index contributed by atoms with van der Waals surface area (Å²) in [5.41, 5.74) is 6.49. The van der Waals surface area contributed by atoms with Gasteiger partial charge in [0.05, 0.1) is 6.04 Å². The van der Waals surface area contributed by atoms with Crippen molar-refractivity contribution in [2.75, 3.05) is 13.2 Å². The number of rotatable bonds is 7. The molecule has 1 aromatic rings. The Labute approximate surface area is 160 Å². The highest BCUT2D eigenvalue weighted by Crippen LogP contribution is 2.20. The van der Waals surface area contributed by atoms with Crippen LogP contribution in [-0.2, 0) is 25.5 Å². The van der Waals surface area contributed by atoms with Crippen molar-refractivity contribution in [1.29, 1.82) is 0 Å². The summed E-state index contributed by atoms with van der Waals surface area (Å²) in [5.74, 6) is -1.35. The first-order valence-electron chi connectivity index (χ1n) is 8.53. The molecular weight excluding hydrogens is 376 g/mol. The highest BCUT2D eigenvalue weighted by molar-refractivity contribution is 5.85. The maximum atomic E-state index is 11.9. The number of nitrogens with one attached hydrogen (secondary N) is 1. The van der Waals surface area contributed by atoms with E-state index in [9.17, 15) is 35.1 Å². The zero-order valence-electron chi connectivity index (χ0n) is 14.8. The Bertz CT molecular complexity index is 669. The number of ether oxygens (including phenoxy) is 2. The Morgan fingerprint density at radius 1 is 1.11 bits per heavy atom. The molecule has 0 aliphatic carbocycles. The van der Waals surface area contributed by atoms with E-state index in [2.05, 4.69) is 5.32 Å². The van der Waals surface area contributed by atoms with E-state index in [-0.39, 0.29) is 12.2 Å². The molecule has 1 amide bonds. The van der Waals surface area contributed by atoms with Crippen molar-refractivity contribution in [2.45, 2.75) is 43.2 Å². The van der Waals surface area contributed by atoms with Crippen molar-refractivity contribution >= 4 is 11.9 Å². The van der Waals surface area contributed by atoms with Gasteiger partial charge < -0.3 is 46.1 Å². The molecule has 0 radical (unpaired) electrons. The third-order valence-corrected chi connectivity index (χ3v) is 4.23. The zero-order chi connectivity index (χ0) is 20.8. The second-order valence-corrected chi connectivity index (χ2v) is 6.41. The Morgan fingerprint density at radius 3 is 2.39 bits per heavy atom. The Morgan fingerprint density at radius 2 is 1.75 bits per heavy atom. The SMILES string of the molecule is N[C@@H](Cc1ccc(O)cc1)C(=O)NCC(=O)OC[C@H]1O[C@H](O)[C@H](O)[C@@H](O)[C@@H]1O. The maximum Gasteiger partial charge on any atom is 0.325 e. The first-order valence-corrected chi connectivity index (χ1v) is 8.53. The quantitative estimate of drug-likeness (QED) is 0.228. The van der Waals surface area contributed by atoms with E-state index in [0.29, 0.717) is 0 Å². The van der Waals surface area contributed by atoms with Gasteiger partial charge in [-0.1, -0.05) is 12.1 Å². The second kappa shape index (κ2) is 9.78. The van der Waals surface area contributed by atoms with Crippen molar-refractivity contribution in [3.05, 3.63) is 29.8 Å². The van der Waals surface area contributed by atoms with Crippen LogP contribution in [0.3, 0.4) is 0 Å². The van der Waals surface area contributed by atoms with Crippen LogP contribution in [0.2, 0.25) is 0 Å². The summed E-state index contributed by atoms with van der Waals surface area (Å²) < 4.78 is 9.70. The number of esters is 1. The van der Waals surface area contributed by atoms with Gasteiger partial charge in [0.25, 0.3) is 0 Å². The highest BCUT2D eigenvalue weighted by Gasteiger charge is 2.43. The number of amides is 1. The lowest BCUT2D eigenvalue weighted by atomic mass is 9.99. The molecule has 1 heterocycles. The summed E-state index contributed by atoms with van der Waals surface area (Å²) in [7, 11) is 0. The predicted molar refractivity (Wildman–Crippen MR) is 92.7 cm³/mol. The molecule has 1 saturated heterocycles. The van der Waals surface area contributed by atoms with Gasteiger partial charge >= 0.3 is 5.97 Å². The number of nitrogens with two attached hydrogens (primary N) is 1. The summed E-state index contributed by atoms with van der Waals surface area (Å²) in [6, 6.07) is 5.24. The van der Waals surface area contributed by atoms with Crippen molar-refractivity contribution in [3.63, 3.8) is 0 Å². The number of aliphatic hydroxyl groups is 4. The van der Waals surface area contributed by atoms with Crippen LogP contribution in [0.25, 0.3) is 0 Å². The van der Waals surface area contributed by atoms with Gasteiger partial charge in [-0.2, -0.15) is 0 Å². The van der Waals surface area contributed by atoms with Gasteiger partial charge in [0, 0.05) is 0 Å². The van der Waals surface area contributed by atoms with Gasteiger partial charge in [-0.05, 0) is 24.1 Å². The Hall–Kier alpha value is -2.28. The monoisotopic (exact) mass is 400 g/mol. The second-order valence-electron chi connectivity index (χ2n) is 6.41. The molecule has 1 aliphatic rings. The lowest BCUT2D eigenvalue weighted by molar-refractivity contribution is -0.287. The van der Waals surface area contributed by atoms with Gasteiger partial charge in [-0.25, -0.2) is 0 Å². The minimum Gasteiger partial charge on any atom is -0.508 e. The summed E-state index contributed by atoms with van der Waals surface area (Å²) in [6.45, 7) is -0.991. The normalized spacial score (nSPS) is 28.4. The molecule has 156 valence electrons. The smallest absolute Gasteiger partial charge is 0.325 e. The number of carbonyl (C=O) groups is 2. The maximum absolute atomic E-state index is 11.9. The average Bonchev–Trinajstić information content (AvgIpc) is 2.67. The van der Waals surface area contributed by atoms with Gasteiger partial charge in [0.1, 0.15) is 43.3 Å². The lowest BCUT2D eigenvalue weighted by Crippen LogP contribution is -2.58. The van der Waals surface area contributed by atoms with E-state index in [0.717, 1.165) is 5.56 Å². The topological polar surface area (TPSA) is 192 Å². The van der Waals surface area contributed by atoms with Crippen LogP contribution in [0.1, 0.15) is 5.56 Å². The number of aliphatic hydroxyl groups excluding tert-OH is 4. The number of phenols is 1. The summed E-state index contributed by atoms with van der Waals surface area (Å²) in [4.78, 5) is 23.7. The first-order chi connectivity index (χ1) is 13.2. The molecule has 0 bridgehead atoms. The third-order valence-electron chi connectivity index (χ3n) is 4.23. The number of aromatic hydroxyl groups is 1. The molecular formula is C17H24N2O9. The highest BCUT2D eigenvalue weighted by atomic mass is 16.6. The molecule has 6 atom stereocenters. The summed E-state index contributed by atoms with van der Waals surface area (Å²) in [6.07, 6.45) is -7.70. The first kappa shape index (κ1) is 22.0. The fourth-order valence-electron chi connectivity index (χ4n) is 2.56. The standard InChI is InChI=1S/C17H24N2O9/c18-10(5-8-1-3-9(20)4-2-8)16(25)19-6-12(21)27-7-11-13(22)14(23)15(24)17(26)28-11/h1-4,10-11,13-15,17,20,22-24,26H,5-7,18H2,(H,19,25)/t10-,11+,13+,14-,15+,17-/m0/s1. The van der Waals surface area contributed by atoms with Crippen LogP contribution in [0.4, 0.5) is 0 Å². The van der Waals surface area contributed by atoms with Crippen molar-refractivity contribution in [1.82, 2.24) is 5.32 Å². The minimum absolute atomic E-state index is 0.0890. The Balaban J connectivity index is 1.72. The largest absolute Gasteiger partial charge is 0.508 e. The fourth-order valence-corrected chi connectivity index (χ4v) is 2.56. The minimum atomic E-state index is -1.74. The summed E-state index contributed by atoms with van der Waals surface area (Å²) in [5, 5.41) is 49.6. The van der Waals surface area contributed by atoms with Crippen molar-refractivity contribution in [3.8, 4) is 5.75 Å². The van der Waals surface area contributed by atoms with Crippen molar-refractivity contribution in [2.24, 2.45) is 5.73 Å². The van der Waals surface area contributed by atoms with E-state index in [1.54, 1.807) is 12.1 Å². The molecule has 2 rings (SSSR count). The van der Waals surface area contributed by atoms with Crippen LogP contribution in [-0.4, -0.2) is 87.3 Å². The molecule has 11 nitrogen and oxygen atoms in total. The van der Waals surface area contributed by atoms with E-state index >= 15 is 0 Å². The van der Waals surface area contributed by atoms with Gasteiger partial charge in [0.15, 0.2) is 6.29 Å². The van der Waals surface area contributed by atoms with Crippen LogP contribution in [0.5, 0.6) is 5.75 Å². The van der Waals surface area contributed by atoms with Gasteiger partial charge in [-0.3, -0.25) is 9.59 Å². The molecule has 1 aromatic carbocycles. The third kappa shape index (κ3) is 5.86. The van der Waals surface area contributed by atoms with E-state index in [1.165, 1.54) is 12.1 Å². The Kier molecular flexibility index (Phi) is 7.69. The number of phenolic OH excluding ortho intramolecular Hbond substituents is 1. The van der Waals surface area contributed by atoms with E-state index in [1.807, 2.05) is 0 Å². The van der Waals surface area contributed by atoms with E-state index < -0.39 is 61.8 Å². The van der Waals surface area contributed by atoms with Gasteiger partial charge in [-0.15, -0.1) is 0 Å². The molecule has 1 fully saturated rings. The number of benzene rings is 1. The fraction of sp³-hybridized carbons (Fsp3) is 0.529. The van der Waals surface area contributed by atoms with Crippen LogP contribution in [0, 0.1) is 0 Å². The average molecular weight is 400 g/mol. The predicted octanol–water partition coefficient (Wildman–Crippen LogP) is -3.28. The zero-order valence-corrected chi connectivity index (χ0v) is 14.8. The van der Waals surface area contributed by atoms with Crippen LogP contribution >= 0.6 is 0 Å². The number of hydrogen-bond acceptors (Lipinski definition) is 10. The summed E-state index contributed by atoms with van der Waals surface area (Å²) >= 11 is 0. The number of carbonyl (C=O) groups excluding carboxylic acids is 2. The van der Waals surface area contributed by atoms with Crippen molar-refractivity contribution < 1.29 is 44.6 Å². The molecule has 1 aliphatic heterocycles. The van der Waals surface area contributed by atoms with E-state index in [4.69, 9.17) is 15.2 Å². The molecule has 0 aromatic heterocycles. The molecule has 28 heavy (non-hydrogen) atoms. The van der Waals surface area contributed by atoms with Crippen LogP contribution in [0.15, 0.2) is 24.3 Å². The molecule has 0 saturated carbocycles. The molecule has 11 heteroatoms. The lowest BCUT2D eigenvalue weighted by Gasteiger charge is -2.37. The molecule has 8 N–H and O–H groups in total. The van der Waals surface area contributed by atoms with Crippen LogP contribution < -0.4 is 11.1 Å². The molecule has 0 unspecified atom stereocenters. The number of hydrogen-bond donors (Lipinski definition) is 7. The van der Waals surface area contributed by atoms with Gasteiger partial charge in [0.2, 0.25) is 5.91 Å².